The summed E-state index contributed by atoms with van der Waals surface area (Å²) in [6, 6.07) is 5.61. The molecule has 1 aromatic carbocycles. The molecular formula is C16H41N17O2. The number of anilines is 1. The number of nitrogens with one attached hydrogen (secondary N) is 1. The molecule has 1 aromatic rings. The van der Waals surface area contributed by atoms with Crippen LogP contribution in [0.25, 0.3) is 0 Å². The van der Waals surface area contributed by atoms with E-state index in [1.165, 1.54) is 31.4 Å². The highest BCUT2D eigenvalue weighted by molar-refractivity contribution is 5.89. The molecule has 0 fully saturated rings. The standard InChI is InChI=1S/C16H41N17O2/c1-35-8(34)6-2-4-7(5-3-6)33-16(31,32)15(29,30)14(27,28)13(25,26)12(23,24)11(21,22)10(19,20)9(17)18/h2-5,9,33H,17-32H2,1H3. The number of benzene rings is 1. The van der Waals surface area contributed by atoms with E-state index in [1.807, 2.05) is 0 Å². The van der Waals surface area contributed by atoms with E-state index < -0.39 is 51.9 Å². The molecule has 1 rings (SSSR count). The second-order valence-corrected chi connectivity index (χ2v) is 8.87. The molecule has 0 aliphatic heterocycles. The van der Waals surface area contributed by atoms with Crippen molar-refractivity contribution in [3.8, 4) is 0 Å². The maximum atomic E-state index is 11.6. The molecule has 19 nitrogen and oxygen atoms in total. The molecule has 33 N–H and O–H groups in total. The van der Waals surface area contributed by atoms with Gasteiger partial charge in [0, 0.05) is 5.69 Å². The van der Waals surface area contributed by atoms with Gasteiger partial charge in [-0.05, 0) is 24.3 Å². The maximum Gasteiger partial charge on any atom is 0.337 e. The summed E-state index contributed by atoms with van der Waals surface area (Å²) >= 11 is 0. The molecule has 0 amide bonds. The van der Waals surface area contributed by atoms with Crippen LogP contribution in [0.15, 0.2) is 24.3 Å². The third-order valence-corrected chi connectivity index (χ3v) is 6.35. The third kappa shape index (κ3) is 4.56. The monoisotopic (exact) mass is 503 g/mol. The summed E-state index contributed by atoms with van der Waals surface area (Å²) in [5.74, 6) is -2.97. The first-order valence-corrected chi connectivity index (χ1v) is 9.88. The Balaban J connectivity index is 3.48. The summed E-state index contributed by atoms with van der Waals surface area (Å²) in [5.41, 5.74) is 81.0. The van der Waals surface area contributed by atoms with Gasteiger partial charge in [-0.3, -0.25) is 11.5 Å². The largest absolute Gasteiger partial charge is 0.465 e. The fraction of sp³-hybridized carbons (Fsp3) is 0.562. The van der Waals surface area contributed by atoms with Crippen molar-refractivity contribution in [2.45, 2.75) is 45.9 Å². The number of nitrogens with two attached hydrogens (primary N) is 16. The molecule has 202 valence electrons. The zero-order valence-electron chi connectivity index (χ0n) is 19.4. The molecule has 0 saturated carbocycles. The number of rotatable bonds is 10. The van der Waals surface area contributed by atoms with Crippen LogP contribution in [0.2, 0.25) is 0 Å². The number of ether oxygens (including phenoxy) is 1. The van der Waals surface area contributed by atoms with Gasteiger partial charge in [-0.15, -0.1) is 0 Å². The van der Waals surface area contributed by atoms with Gasteiger partial charge in [0.2, 0.25) is 0 Å². The normalized spacial score (nSPS) is 14.8. The van der Waals surface area contributed by atoms with Crippen LogP contribution in [0, 0.1) is 0 Å². The highest BCUT2D eigenvalue weighted by atomic mass is 16.5. The summed E-state index contributed by atoms with van der Waals surface area (Å²) in [6.07, 6.45) is -1.58. The lowest BCUT2D eigenvalue weighted by Crippen LogP contribution is -3.07. The Morgan fingerprint density at radius 1 is 0.686 bits per heavy atom. The van der Waals surface area contributed by atoms with E-state index in [9.17, 15) is 4.79 Å². The number of hydrogen-bond acceptors (Lipinski definition) is 19. The molecule has 0 saturated heterocycles. The van der Waals surface area contributed by atoms with E-state index in [-0.39, 0.29) is 11.3 Å². The lowest BCUT2D eigenvalue weighted by atomic mass is 9.66. The molecular weight excluding hydrogens is 462 g/mol. The first-order valence-electron chi connectivity index (χ1n) is 9.88. The van der Waals surface area contributed by atoms with Crippen LogP contribution >= 0.6 is 0 Å². The minimum atomic E-state index is -2.83. The minimum absolute atomic E-state index is 0.217. The van der Waals surface area contributed by atoms with Gasteiger partial charge in [0.1, 0.15) is 28.3 Å². The van der Waals surface area contributed by atoms with E-state index in [0.717, 1.165) is 0 Å². The van der Waals surface area contributed by atoms with Crippen molar-refractivity contribution < 1.29 is 9.53 Å². The second-order valence-electron chi connectivity index (χ2n) is 8.87. The Kier molecular flexibility index (Phi) is 7.99. The molecule has 35 heavy (non-hydrogen) atoms. The molecule has 19 heteroatoms. The number of carbonyl (C=O) groups excluding carboxylic acids is 1. The topological polar surface area (TPSA) is 455 Å². The predicted molar refractivity (Wildman–Crippen MR) is 131 cm³/mol. The Labute approximate surface area is 201 Å². The summed E-state index contributed by atoms with van der Waals surface area (Å²) in [6.45, 7) is 0. The lowest BCUT2D eigenvalue weighted by Gasteiger charge is -2.63. The number of carbonyl (C=O) groups is 1. The second kappa shape index (κ2) is 9.06. The van der Waals surface area contributed by atoms with Crippen LogP contribution in [0.1, 0.15) is 10.4 Å². The lowest BCUT2D eigenvalue weighted by molar-refractivity contribution is -0.0313. The molecule has 0 aliphatic carbocycles. The zero-order chi connectivity index (χ0) is 28.1. The van der Waals surface area contributed by atoms with Crippen molar-refractivity contribution in [1.82, 2.24) is 0 Å². The molecule has 0 spiro atoms. The fourth-order valence-electron chi connectivity index (χ4n) is 3.15. The van der Waals surface area contributed by atoms with Crippen molar-refractivity contribution in [3.05, 3.63) is 29.8 Å². The Bertz CT molecular complexity index is 907. The Morgan fingerprint density at radius 3 is 1.43 bits per heavy atom. The number of esters is 1. The molecule has 0 bridgehead atoms. The van der Waals surface area contributed by atoms with Crippen molar-refractivity contribution in [2.75, 3.05) is 12.4 Å². The minimum Gasteiger partial charge on any atom is -0.465 e. The van der Waals surface area contributed by atoms with Gasteiger partial charge in [-0.2, -0.15) is 0 Å². The summed E-state index contributed by atoms with van der Waals surface area (Å²) in [4.78, 5) is 11.6. The number of hydrogen-bond donors (Lipinski definition) is 17. The van der Waals surface area contributed by atoms with Gasteiger partial charge >= 0.3 is 5.97 Å². The van der Waals surface area contributed by atoms with Crippen molar-refractivity contribution in [1.29, 1.82) is 0 Å². The van der Waals surface area contributed by atoms with Gasteiger partial charge in [0.25, 0.3) is 0 Å². The van der Waals surface area contributed by atoms with Crippen LogP contribution in [-0.2, 0) is 4.74 Å². The average Bonchev–Trinajstić information content (AvgIpc) is 2.72. The molecule has 0 atom stereocenters. The smallest absolute Gasteiger partial charge is 0.337 e. The van der Waals surface area contributed by atoms with Crippen molar-refractivity contribution in [2.24, 2.45) is 91.7 Å². The quantitative estimate of drug-likeness (QED) is 0.104. The highest BCUT2D eigenvalue weighted by Gasteiger charge is 2.71. The van der Waals surface area contributed by atoms with Gasteiger partial charge in [-0.25, -0.2) is 4.79 Å². The van der Waals surface area contributed by atoms with Gasteiger partial charge in [-0.1, -0.05) is 0 Å². The molecule has 0 radical (unpaired) electrons. The van der Waals surface area contributed by atoms with Gasteiger partial charge in [0.15, 0.2) is 11.4 Å². The van der Waals surface area contributed by atoms with Crippen LogP contribution in [-0.4, -0.2) is 59.0 Å². The van der Waals surface area contributed by atoms with E-state index in [1.54, 1.807) is 0 Å². The summed E-state index contributed by atoms with van der Waals surface area (Å²) in [5, 5.41) is 2.61. The van der Waals surface area contributed by atoms with E-state index in [4.69, 9.17) is 91.7 Å². The first-order chi connectivity index (χ1) is 15.4. The molecule has 0 aromatic heterocycles. The van der Waals surface area contributed by atoms with E-state index in [2.05, 4.69) is 10.1 Å². The van der Waals surface area contributed by atoms with Crippen molar-refractivity contribution in [3.63, 3.8) is 0 Å². The Morgan fingerprint density at radius 2 is 1.06 bits per heavy atom. The average molecular weight is 504 g/mol. The van der Waals surface area contributed by atoms with Crippen LogP contribution < -0.4 is 97.1 Å². The van der Waals surface area contributed by atoms with Gasteiger partial charge < -0.3 is 90.3 Å². The summed E-state index contributed by atoms with van der Waals surface area (Å²) in [7, 11) is 1.22. The first kappa shape index (κ1) is 30.9. The third-order valence-electron chi connectivity index (χ3n) is 6.35. The summed E-state index contributed by atoms with van der Waals surface area (Å²) < 4.78 is 4.62. The van der Waals surface area contributed by atoms with Crippen LogP contribution in [0.4, 0.5) is 5.69 Å². The molecule has 0 unspecified atom stereocenters. The predicted octanol–water partition coefficient (Wildman–Crippen LogP) is -9.62. The highest BCUT2D eigenvalue weighted by Crippen LogP contribution is 2.32. The van der Waals surface area contributed by atoms with Gasteiger partial charge in [0.05, 0.1) is 18.8 Å². The van der Waals surface area contributed by atoms with Crippen LogP contribution in [0.5, 0.6) is 0 Å². The fourth-order valence-corrected chi connectivity index (χ4v) is 3.15. The molecule has 0 heterocycles. The number of methoxy groups -OCH3 is 1. The SMILES string of the molecule is COC(=O)c1ccc(NC(N)(N)C(N)(N)C(N)(N)C(N)(N)C(N)(N)C(N)(N)C(N)(N)C(N)N)cc1. The van der Waals surface area contributed by atoms with Crippen molar-refractivity contribution >= 4 is 11.7 Å². The maximum absolute atomic E-state index is 11.6. The van der Waals surface area contributed by atoms with E-state index >= 15 is 0 Å². The Hall–Kier alpha value is -2.15. The van der Waals surface area contributed by atoms with E-state index in [0.29, 0.717) is 0 Å². The molecule has 0 aliphatic rings. The zero-order valence-corrected chi connectivity index (χ0v) is 19.4. The van der Waals surface area contributed by atoms with Crippen LogP contribution in [0.3, 0.4) is 0 Å².